The Morgan fingerprint density at radius 3 is 2.30 bits per heavy atom. The van der Waals surface area contributed by atoms with Gasteiger partial charge in [0.1, 0.15) is 16.3 Å². The van der Waals surface area contributed by atoms with Crippen molar-refractivity contribution in [3.63, 3.8) is 0 Å². The SMILES string of the molecule is CCOC(=O)c1c(-c2ccc(C)cc2)csc1NC(=O)C(C)Sc1cccc(NC(=O)/C(=C\c2cccc(C)c2)NC(=O)c2ccccc2)c1. The summed E-state index contributed by atoms with van der Waals surface area (Å²) in [4.78, 5) is 53.8. The van der Waals surface area contributed by atoms with E-state index < -0.39 is 23.0 Å². The third kappa shape index (κ3) is 9.37. The zero-order valence-electron chi connectivity index (χ0n) is 28.1. The largest absolute Gasteiger partial charge is 0.462 e. The molecule has 8 nitrogen and oxygen atoms in total. The number of esters is 1. The Balaban J connectivity index is 1.30. The van der Waals surface area contributed by atoms with Crippen LogP contribution in [0.1, 0.15) is 51.3 Å². The molecule has 1 unspecified atom stereocenters. The molecular weight excluding hydrogens is 667 g/mol. The predicted molar refractivity (Wildman–Crippen MR) is 203 cm³/mol. The fourth-order valence-electron chi connectivity index (χ4n) is 4.99. The first-order valence-corrected chi connectivity index (χ1v) is 17.8. The molecule has 1 atom stereocenters. The summed E-state index contributed by atoms with van der Waals surface area (Å²) in [6.45, 7) is 7.66. The van der Waals surface area contributed by atoms with Gasteiger partial charge in [-0.3, -0.25) is 14.4 Å². The number of carbonyl (C=O) groups excluding carboxylic acids is 4. The Bertz CT molecular complexity index is 2040. The average Bonchev–Trinajstić information content (AvgIpc) is 3.52. The first-order valence-electron chi connectivity index (χ1n) is 16.0. The molecule has 5 rings (SSSR count). The summed E-state index contributed by atoms with van der Waals surface area (Å²) in [7, 11) is 0. The number of thiophene rings is 1. The topological polar surface area (TPSA) is 114 Å². The van der Waals surface area contributed by atoms with E-state index in [1.165, 1.54) is 23.1 Å². The normalized spacial score (nSPS) is 11.7. The molecule has 3 N–H and O–H groups in total. The van der Waals surface area contributed by atoms with E-state index in [4.69, 9.17) is 4.74 Å². The van der Waals surface area contributed by atoms with Gasteiger partial charge in [0.25, 0.3) is 11.8 Å². The smallest absolute Gasteiger partial charge is 0.341 e. The van der Waals surface area contributed by atoms with Crippen molar-refractivity contribution < 1.29 is 23.9 Å². The molecule has 50 heavy (non-hydrogen) atoms. The van der Waals surface area contributed by atoms with E-state index in [9.17, 15) is 19.2 Å². The van der Waals surface area contributed by atoms with Crippen LogP contribution in [0, 0.1) is 13.8 Å². The van der Waals surface area contributed by atoms with Crippen LogP contribution in [0.3, 0.4) is 0 Å². The summed E-state index contributed by atoms with van der Waals surface area (Å²) in [5.74, 6) is -1.71. The summed E-state index contributed by atoms with van der Waals surface area (Å²) in [6, 6.07) is 31.2. The molecule has 254 valence electrons. The molecule has 3 amide bonds. The zero-order valence-corrected chi connectivity index (χ0v) is 29.7. The van der Waals surface area contributed by atoms with Gasteiger partial charge in [-0.25, -0.2) is 4.79 Å². The number of ether oxygens (including phenoxy) is 1. The molecule has 5 aromatic rings. The van der Waals surface area contributed by atoms with Crippen LogP contribution in [-0.2, 0) is 14.3 Å². The van der Waals surface area contributed by atoms with Gasteiger partial charge in [-0.2, -0.15) is 0 Å². The van der Waals surface area contributed by atoms with Crippen molar-refractivity contribution in [2.24, 2.45) is 0 Å². The molecule has 0 fully saturated rings. The highest BCUT2D eigenvalue weighted by molar-refractivity contribution is 8.00. The molecule has 10 heteroatoms. The first kappa shape index (κ1) is 35.8. The molecule has 0 saturated carbocycles. The number of aryl methyl sites for hydroxylation is 2. The van der Waals surface area contributed by atoms with E-state index >= 15 is 0 Å². The van der Waals surface area contributed by atoms with Crippen molar-refractivity contribution in [2.75, 3.05) is 17.2 Å². The third-order valence-electron chi connectivity index (χ3n) is 7.53. The number of amides is 3. The summed E-state index contributed by atoms with van der Waals surface area (Å²) in [5.41, 5.74) is 5.73. The van der Waals surface area contributed by atoms with Gasteiger partial charge >= 0.3 is 5.97 Å². The minimum absolute atomic E-state index is 0.0774. The molecule has 4 aromatic carbocycles. The monoisotopic (exact) mass is 703 g/mol. The van der Waals surface area contributed by atoms with Crippen molar-refractivity contribution in [3.05, 3.63) is 142 Å². The van der Waals surface area contributed by atoms with Crippen molar-refractivity contribution in [3.8, 4) is 11.1 Å². The number of nitrogens with one attached hydrogen (secondary N) is 3. The fourth-order valence-corrected chi connectivity index (χ4v) is 6.87. The summed E-state index contributed by atoms with van der Waals surface area (Å²) in [6.07, 6.45) is 1.63. The van der Waals surface area contributed by atoms with Crippen molar-refractivity contribution >= 4 is 63.6 Å². The van der Waals surface area contributed by atoms with Crippen LogP contribution >= 0.6 is 23.1 Å². The third-order valence-corrected chi connectivity index (χ3v) is 9.51. The number of benzene rings is 4. The van der Waals surface area contributed by atoms with Gasteiger partial charge in [-0.05, 0) is 75.2 Å². The lowest BCUT2D eigenvalue weighted by molar-refractivity contribution is -0.115. The lowest BCUT2D eigenvalue weighted by atomic mass is 10.0. The second-order valence-corrected chi connectivity index (χ2v) is 13.8. The Kier molecular flexibility index (Phi) is 12.0. The molecular formula is C40H37N3O5S2. The summed E-state index contributed by atoms with van der Waals surface area (Å²) >= 11 is 2.58. The van der Waals surface area contributed by atoms with Crippen molar-refractivity contribution in [1.82, 2.24) is 5.32 Å². The molecule has 0 bridgehead atoms. The number of hydrogen-bond donors (Lipinski definition) is 3. The van der Waals surface area contributed by atoms with E-state index in [1.54, 1.807) is 62.4 Å². The van der Waals surface area contributed by atoms with Gasteiger partial charge in [0.05, 0.1) is 11.9 Å². The number of anilines is 2. The van der Waals surface area contributed by atoms with Crippen molar-refractivity contribution in [2.45, 2.75) is 37.8 Å². The molecule has 0 aliphatic heterocycles. The van der Waals surface area contributed by atoms with E-state index in [-0.39, 0.29) is 18.2 Å². The highest BCUT2D eigenvalue weighted by Crippen LogP contribution is 2.37. The van der Waals surface area contributed by atoms with Crippen LogP contribution in [0.4, 0.5) is 10.7 Å². The Hall–Kier alpha value is -5.45. The first-order chi connectivity index (χ1) is 24.1. The fraction of sp³-hybridized carbons (Fsp3) is 0.150. The minimum atomic E-state index is -0.553. The molecule has 0 aliphatic rings. The van der Waals surface area contributed by atoms with Crippen LogP contribution in [0.2, 0.25) is 0 Å². The quantitative estimate of drug-likeness (QED) is 0.0681. The van der Waals surface area contributed by atoms with Crippen LogP contribution in [0.25, 0.3) is 17.2 Å². The number of thioether (sulfide) groups is 1. The van der Waals surface area contributed by atoms with Gasteiger partial charge in [0, 0.05) is 27.1 Å². The molecule has 1 aromatic heterocycles. The minimum Gasteiger partial charge on any atom is -0.462 e. The summed E-state index contributed by atoms with van der Waals surface area (Å²) in [5, 5.41) is 10.3. The molecule has 0 aliphatic carbocycles. The lowest BCUT2D eigenvalue weighted by Crippen LogP contribution is -2.30. The van der Waals surface area contributed by atoms with Crippen LogP contribution in [0.15, 0.2) is 119 Å². The van der Waals surface area contributed by atoms with E-state index in [1.807, 2.05) is 79.9 Å². The Morgan fingerprint density at radius 2 is 1.58 bits per heavy atom. The standard InChI is InChI=1S/C40H37N3O5S2/c1-5-48-40(47)35-33(29-19-17-25(2)18-20-29)24-49-39(35)43-36(44)27(4)50-32-16-10-15-31(23-32)41-38(46)34(22-28-12-9-11-26(3)21-28)42-37(45)30-13-7-6-8-14-30/h6-24,27H,5H2,1-4H3,(H,41,46)(H,42,45)(H,43,44)/b34-22+. The van der Waals surface area contributed by atoms with E-state index in [2.05, 4.69) is 16.0 Å². The van der Waals surface area contributed by atoms with Gasteiger partial charge in [-0.1, -0.05) is 83.9 Å². The predicted octanol–water partition coefficient (Wildman–Crippen LogP) is 8.74. The van der Waals surface area contributed by atoms with Gasteiger partial charge in [-0.15, -0.1) is 23.1 Å². The van der Waals surface area contributed by atoms with Crippen LogP contribution in [0.5, 0.6) is 0 Å². The maximum atomic E-state index is 13.6. The average molecular weight is 704 g/mol. The maximum absolute atomic E-state index is 13.6. The van der Waals surface area contributed by atoms with Gasteiger partial charge in [0.2, 0.25) is 5.91 Å². The zero-order chi connectivity index (χ0) is 35.6. The second kappa shape index (κ2) is 16.8. The number of rotatable bonds is 12. The number of carbonyl (C=O) groups is 4. The van der Waals surface area contributed by atoms with Gasteiger partial charge in [0.15, 0.2) is 0 Å². The van der Waals surface area contributed by atoms with E-state index in [0.717, 1.165) is 27.1 Å². The lowest BCUT2D eigenvalue weighted by Gasteiger charge is -2.14. The summed E-state index contributed by atoms with van der Waals surface area (Å²) < 4.78 is 5.34. The second-order valence-electron chi connectivity index (χ2n) is 11.5. The number of hydrogen-bond acceptors (Lipinski definition) is 7. The maximum Gasteiger partial charge on any atom is 0.341 e. The van der Waals surface area contributed by atoms with Crippen LogP contribution in [-0.4, -0.2) is 35.5 Å². The Labute approximate surface area is 300 Å². The molecule has 0 spiro atoms. The molecule has 0 radical (unpaired) electrons. The highest BCUT2D eigenvalue weighted by atomic mass is 32.2. The van der Waals surface area contributed by atoms with Crippen LogP contribution < -0.4 is 16.0 Å². The highest BCUT2D eigenvalue weighted by Gasteiger charge is 2.25. The van der Waals surface area contributed by atoms with Gasteiger partial charge < -0.3 is 20.7 Å². The Morgan fingerprint density at radius 1 is 0.840 bits per heavy atom. The van der Waals surface area contributed by atoms with E-state index in [0.29, 0.717) is 27.4 Å². The van der Waals surface area contributed by atoms with Crippen molar-refractivity contribution in [1.29, 1.82) is 0 Å². The molecule has 1 heterocycles. The molecule has 0 saturated heterocycles.